The quantitative estimate of drug-likeness (QED) is 0.789. The maximum absolute atomic E-state index is 11.1. The monoisotopic (exact) mass is 261 g/mol. The first kappa shape index (κ1) is 13.4. The standard InChI is InChI=1S/C10H16ClN3OS/c1-12-9(15)3-4-14(2)6-10-13-8(5-11)7-16-10/h7H,3-6H2,1-2H3,(H,12,15). The van der Waals surface area contributed by atoms with Crippen LogP contribution in [0.5, 0.6) is 0 Å². The van der Waals surface area contributed by atoms with Crippen molar-refractivity contribution >= 4 is 28.8 Å². The lowest BCUT2D eigenvalue weighted by Gasteiger charge is -2.13. The molecule has 0 aliphatic rings. The molecule has 0 atom stereocenters. The van der Waals surface area contributed by atoms with Crippen molar-refractivity contribution in [1.29, 1.82) is 0 Å². The van der Waals surface area contributed by atoms with Gasteiger partial charge in [-0.05, 0) is 7.05 Å². The van der Waals surface area contributed by atoms with Gasteiger partial charge in [-0.2, -0.15) is 0 Å². The number of hydrogen-bond donors (Lipinski definition) is 1. The number of carbonyl (C=O) groups is 1. The number of halogens is 1. The highest BCUT2D eigenvalue weighted by molar-refractivity contribution is 7.09. The summed E-state index contributed by atoms with van der Waals surface area (Å²) in [7, 11) is 3.63. The van der Waals surface area contributed by atoms with E-state index in [1.165, 1.54) is 0 Å². The van der Waals surface area contributed by atoms with Crippen LogP contribution in [0.4, 0.5) is 0 Å². The van der Waals surface area contributed by atoms with Gasteiger partial charge in [-0.1, -0.05) is 0 Å². The van der Waals surface area contributed by atoms with Gasteiger partial charge in [-0.3, -0.25) is 9.69 Å². The van der Waals surface area contributed by atoms with Crippen LogP contribution in [0.2, 0.25) is 0 Å². The lowest BCUT2D eigenvalue weighted by Crippen LogP contribution is -2.26. The molecule has 1 rings (SSSR count). The molecule has 6 heteroatoms. The second-order valence-electron chi connectivity index (χ2n) is 3.53. The number of rotatable bonds is 6. The van der Waals surface area contributed by atoms with Crippen molar-refractivity contribution in [3.8, 4) is 0 Å². The minimum atomic E-state index is 0.0624. The summed E-state index contributed by atoms with van der Waals surface area (Å²) >= 11 is 7.28. The zero-order valence-corrected chi connectivity index (χ0v) is 11.1. The van der Waals surface area contributed by atoms with E-state index in [0.717, 1.165) is 23.8 Å². The SMILES string of the molecule is CNC(=O)CCN(C)Cc1nc(CCl)cs1. The summed E-state index contributed by atoms with van der Waals surface area (Å²) in [4.78, 5) is 17.5. The molecule has 16 heavy (non-hydrogen) atoms. The van der Waals surface area contributed by atoms with Gasteiger partial charge in [0.25, 0.3) is 0 Å². The molecule has 0 spiro atoms. The molecule has 90 valence electrons. The number of thiazole rings is 1. The van der Waals surface area contributed by atoms with E-state index in [1.54, 1.807) is 18.4 Å². The Bertz CT molecular complexity index is 343. The summed E-state index contributed by atoms with van der Waals surface area (Å²) in [5, 5.41) is 5.61. The van der Waals surface area contributed by atoms with Crippen molar-refractivity contribution in [3.63, 3.8) is 0 Å². The summed E-state index contributed by atoms with van der Waals surface area (Å²) < 4.78 is 0. The van der Waals surface area contributed by atoms with Crippen molar-refractivity contribution in [3.05, 3.63) is 16.1 Å². The van der Waals surface area contributed by atoms with E-state index in [2.05, 4.69) is 15.2 Å². The predicted octanol–water partition coefficient (Wildman–Crippen LogP) is 1.45. The fourth-order valence-corrected chi connectivity index (χ4v) is 2.31. The van der Waals surface area contributed by atoms with E-state index < -0.39 is 0 Å². The van der Waals surface area contributed by atoms with Crippen LogP contribution >= 0.6 is 22.9 Å². The first-order valence-corrected chi connectivity index (χ1v) is 6.45. The van der Waals surface area contributed by atoms with Crippen molar-refractivity contribution in [2.75, 3.05) is 20.6 Å². The van der Waals surface area contributed by atoms with Gasteiger partial charge in [-0.15, -0.1) is 22.9 Å². The molecule has 4 nitrogen and oxygen atoms in total. The van der Waals surface area contributed by atoms with Crippen molar-refractivity contribution in [2.24, 2.45) is 0 Å². The third-order valence-corrected chi connectivity index (χ3v) is 3.30. The molecule has 1 aromatic rings. The van der Waals surface area contributed by atoms with Gasteiger partial charge in [0.15, 0.2) is 0 Å². The number of amides is 1. The Hall–Kier alpha value is -0.650. The molecule has 0 aliphatic heterocycles. The highest BCUT2D eigenvalue weighted by Gasteiger charge is 2.06. The Morgan fingerprint density at radius 2 is 2.44 bits per heavy atom. The molecule has 0 saturated heterocycles. The number of aromatic nitrogens is 1. The number of alkyl halides is 1. The normalized spacial score (nSPS) is 10.8. The van der Waals surface area contributed by atoms with Crippen molar-refractivity contribution in [1.82, 2.24) is 15.2 Å². The van der Waals surface area contributed by atoms with E-state index in [0.29, 0.717) is 12.3 Å². The van der Waals surface area contributed by atoms with Gasteiger partial charge in [0, 0.05) is 25.4 Å². The maximum Gasteiger partial charge on any atom is 0.221 e. The summed E-state index contributed by atoms with van der Waals surface area (Å²) in [5.74, 6) is 0.519. The molecule has 0 radical (unpaired) electrons. The Balaban J connectivity index is 2.33. The summed E-state index contributed by atoms with van der Waals surface area (Å²) in [5.41, 5.74) is 0.918. The van der Waals surface area contributed by atoms with Gasteiger partial charge in [0.2, 0.25) is 5.91 Å². The number of carbonyl (C=O) groups excluding carboxylic acids is 1. The van der Waals surface area contributed by atoms with Crippen molar-refractivity contribution in [2.45, 2.75) is 18.8 Å². The first-order chi connectivity index (χ1) is 7.65. The van der Waals surface area contributed by atoms with Gasteiger partial charge >= 0.3 is 0 Å². The molecule has 1 aromatic heterocycles. The first-order valence-electron chi connectivity index (χ1n) is 5.04. The molecule has 1 heterocycles. The lowest BCUT2D eigenvalue weighted by molar-refractivity contribution is -0.120. The summed E-state index contributed by atoms with van der Waals surface area (Å²) in [6, 6.07) is 0. The number of hydrogen-bond acceptors (Lipinski definition) is 4. The van der Waals surface area contributed by atoms with E-state index in [4.69, 9.17) is 11.6 Å². The minimum absolute atomic E-state index is 0.0624. The average molecular weight is 262 g/mol. The highest BCUT2D eigenvalue weighted by Crippen LogP contribution is 2.13. The molecular weight excluding hydrogens is 246 g/mol. The van der Waals surface area contributed by atoms with Crippen LogP contribution in [0.1, 0.15) is 17.1 Å². The second-order valence-corrected chi connectivity index (χ2v) is 4.74. The number of nitrogens with zero attached hydrogens (tertiary/aromatic N) is 2. The van der Waals surface area contributed by atoms with Crippen LogP contribution in [-0.2, 0) is 17.2 Å². The van der Waals surface area contributed by atoms with Crippen LogP contribution in [0.25, 0.3) is 0 Å². The summed E-state index contributed by atoms with van der Waals surface area (Å²) in [6.45, 7) is 1.49. The summed E-state index contributed by atoms with van der Waals surface area (Å²) in [6.07, 6.45) is 0.515. The van der Waals surface area contributed by atoms with Crippen LogP contribution < -0.4 is 5.32 Å². The number of nitrogens with one attached hydrogen (secondary N) is 1. The van der Waals surface area contributed by atoms with Crippen LogP contribution in [0, 0.1) is 0 Å². The lowest BCUT2D eigenvalue weighted by atomic mass is 10.3. The molecule has 0 aliphatic carbocycles. The average Bonchev–Trinajstić information content (AvgIpc) is 2.73. The maximum atomic E-state index is 11.1. The largest absolute Gasteiger partial charge is 0.359 e. The zero-order valence-electron chi connectivity index (χ0n) is 9.49. The third kappa shape index (κ3) is 4.47. The zero-order chi connectivity index (χ0) is 12.0. The molecule has 0 unspecified atom stereocenters. The van der Waals surface area contributed by atoms with Crippen molar-refractivity contribution < 1.29 is 4.79 Å². The van der Waals surface area contributed by atoms with Crippen LogP contribution in [0.15, 0.2) is 5.38 Å². The fraction of sp³-hybridized carbons (Fsp3) is 0.600. The topological polar surface area (TPSA) is 45.2 Å². The van der Waals surface area contributed by atoms with E-state index in [-0.39, 0.29) is 5.91 Å². The predicted molar refractivity (Wildman–Crippen MR) is 66.7 cm³/mol. The third-order valence-electron chi connectivity index (χ3n) is 2.14. The van der Waals surface area contributed by atoms with E-state index in [9.17, 15) is 4.79 Å². The Morgan fingerprint density at radius 1 is 1.69 bits per heavy atom. The Morgan fingerprint density at radius 3 is 3.00 bits per heavy atom. The van der Waals surface area contributed by atoms with Gasteiger partial charge < -0.3 is 5.32 Å². The molecule has 0 saturated carbocycles. The molecule has 1 amide bonds. The van der Waals surface area contributed by atoms with Gasteiger partial charge in [0.1, 0.15) is 5.01 Å². The van der Waals surface area contributed by atoms with Gasteiger partial charge in [-0.25, -0.2) is 4.98 Å². The molecule has 0 aromatic carbocycles. The van der Waals surface area contributed by atoms with E-state index in [1.807, 2.05) is 12.4 Å². The highest BCUT2D eigenvalue weighted by atomic mass is 35.5. The van der Waals surface area contributed by atoms with E-state index >= 15 is 0 Å². The molecular formula is C10H16ClN3OS. The molecule has 0 fully saturated rings. The smallest absolute Gasteiger partial charge is 0.221 e. The molecule has 1 N–H and O–H groups in total. The Kier molecular flexibility index (Phi) is 5.73. The molecule has 0 bridgehead atoms. The van der Waals surface area contributed by atoms with Crippen LogP contribution in [0.3, 0.4) is 0 Å². The fourth-order valence-electron chi connectivity index (χ4n) is 1.21. The second kappa shape index (κ2) is 6.83. The Labute approximate surface area is 105 Å². The van der Waals surface area contributed by atoms with Crippen LogP contribution in [-0.4, -0.2) is 36.4 Å². The van der Waals surface area contributed by atoms with Gasteiger partial charge in [0.05, 0.1) is 18.1 Å². The minimum Gasteiger partial charge on any atom is -0.359 e.